The predicted octanol–water partition coefficient (Wildman–Crippen LogP) is 5.47. The summed E-state index contributed by atoms with van der Waals surface area (Å²) < 4.78 is 7.27. The minimum Gasteiger partial charge on any atom is -0.481 e. The van der Waals surface area contributed by atoms with Crippen LogP contribution in [0.3, 0.4) is 0 Å². The predicted molar refractivity (Wildman–Crippen MR) is 134 cm³/mol. The van der Waals surface area contributed by atoms with Gasteiger partial charge in [0, 0.05) is 30.5 Å². The Labute approximate surface area is 205 Å². The standard InChI is InChI=1S/C28H33N3O4/c1-35-28(34)30-15-14-20-12-13-24-26(23(20)18-30)29-27(21-10-6-3-7-11-21)31(24)17-22(16-25(32)33)19-8-4-2-5-9-19/h2,4-5,8-9,12-13,21-22H,3,6-7,10-11,14-18H2,1H3,(H,32,33)/t22-/m1/s1. The van der Waals surface area contributed by atoms with Gasteiger partial charge in [-0.1, -0.05) is 55.7 Å². The molecule has 1 N–H and O–H groups in total. The molecule has 5 rings (SSSR count). The van der Waals surface area contributed by atoms with Crippen LogP contribution in [0.1, 0.15) is 72.9 Å². The van der Waals surface area contributed by atoms with Gasteiger partial charge in [-0.2, -0.15) is 0 Å². The highest BCUT2D eigenvalue weighted by molar-refractivity contribution is 5.82. The van der Waals surface area contributed by atoms with Crippen LogP contribution in [0.5, 0.6) is 0 Å². The first-order chi connectivity index (χ1) is 17.0. The lowest BCUT2D eigenvalue weighted by atomic mass is 9.88. The summed E-state index contributed by atoms with van der Waals surface area (Å²) in [4.78, 5) is 31.0. The van der Waals surface area contributed by atoms with Crippen LogP contribution < -0.4 is 0 Å². The fourth-order valence-corrected chi connectivity index (χ4v) is 5.84. The molecule has 0 saturated heterocycles. The maximum Gasteiger partial charge on any atom is 0.409 e. The number of carbonyl (C=O) groups is 2. The van der Waals surface area contributed by atoms with E-state index in [4.69, 9.17) is 9.72 Å². The summed E-state index contributed by atoms with van der Waals surface area (Å²) in [6, 6.07) is 14.2. The van der Waals surface area contributed by atoms with Crippen LogP contribution in [0, 0.1) is 0 Å². The van der Waals surface area contributed by atoms with Gasteiger partial charge < -0.3 is 19.3 Å². The Bertz CT molecular complexity index is 1210. The van der Waals surface area contributed by atoms with Crippen molar-refractivity contribution in [3.8, 4) is 0 Å². The second-order valence-electron chi connectivity index (χ2n) is 9.83. The second kappa shape index (κ2) is 10.1. The molecule has 2 aromatic carbocycles. The van der Waals surface area contributed by atoms with Crippen LogP contribution in [0.25, 0.3) is 11.0 Å². The van der Waals surface area contributed by atoms with Gasteiger partial charge in [-0.05, 0) is 36.5 Å². The van der Waals surface area contributed by atoms with E-state index in [1.54, 1.807) is 4.90 Å². The molecule has 1 aromatic heterocycles. The Kier molecular flexibility index (Phi) is 6.75. The van der Waals surface area contributed by atoms with Gasteiger partial charge in [0.05, 0.1) is 31.1 Å². The molecule has 1 amide bonds. The van der Waals surface area contributed by atoms with Crippen molar-refractivity contribution in [2.75, 3.05) is 13.7 Å². The first kappa shape index (κ1) is 23.4. The van der Waals surface area contributed by atoms with Gasteiger partial charge in [0.25, 0.3) is 0 Å². The molecule has 0 bridgehead atoms. The maximum absolute atomic E-state index is 12.3. The number of rotatable bonds is 6. The number of methoxy groups -OCH3 is 1. The number of fused-ring (bicyclic) bond motifs is 3. The smallest absolute Gasteiger partial charge is 0.409 e. The monoisotopic (exact) mass is 475 g/mol. The summed E-state index contributed by atoms with van der Waals surface area (Å²) >= 11 is 0. The SMILES string of the molecule is COC(=O)N1CCc2ccc3c(nc(C4CCCCC4)n3C[C@@H](CC(=O)O)c3ccccc3)c2C1. The number of carboxylic acid groups (broad SMARTS) is 1. The summed E-state index contributed by atoms with van der Waals surface area (Å²) in [6.07, 6.45) is 6.38. The Morgan fingerprint density at radius 2 is 1.89 bits per heavy atom. The number of aliphatic carboxylic acids is 1. The highest BCUT2D eigenvalue weighted by Gasteiger charge is 2.29. The highest BCUT2D eigenvalue weighted by atomic mass is 16.5. The van der Waals surface area contributed by atoms with Crippen LogP contribution in [-0.4, -0.2) is 45.3 Å². The van der Waals surface area contributed by atoms with Crippen LogP contribution in [0.2, 0.25) is 0 Å². The molecule has 0 spiro atoms. The molecule has 1 aliphatic heterocycles. The fraction of sp³-hybridized carbons (Fsp3) is 0.464. The van der Waals surface area contributed by atoms with Gasteiger partial charge in [-0.25, -0.2) is 9.78 Å². The number of carbonyl (C=O) groups excluding carboxylic acids is 1. The number of hydrogen-bond donors (Lipinski definition) is 1. The van der Waals surface area contributed by atoms with Gasteiger partial charge in [-0.15, -0.1) is 0 Å². The van der Waals surface area contributed by atoms with E-state index in [9.17, 15) is 14.7 Å². The molecular weight excluding hydrogens is 442 g/mol. The largest absolute Gasteiger partial charge is 0.481 e. The zero-order chi connectivity index (χ0) is 24.4. The summed E-state index contributed by atoms with van der Waals surface area (Å²) in [5.41, 5.74) is 5.31. The molecule has 7 heteroatoms. The van der Waals surface area contributed by atoms with Crippen molar-refractivity contribution in [3.05, 3.63) is 65.0 Å². The molecule has 1 saturated carbocycles. The van der Waals surface area contributed by atoms with E-state index in [1.165, 1.54) is 31.9 Å². The second-order valence-corrected chi connectivity index (χ2v) is 9.83. The summed E-state index contributed by atoms with van der Waals surface area (Å²) in [7, 11) is 1.42. The number of benzene rings is 2. The number of ether oxygens (including phenoxy) is 1. The maximum atomic E-state index is 12.3. The molecule has 1 fully saturated rings. The van der Waals surface area contributed by atoms with Crippen LogP contribution in [0.4, 0.5) is 4.79 Å². The number of carboxylic acids is 1. The van der Waals surface area contributed by atoms with E-state index in [2.05, 4.69) is 16.7 Å². The van der Waals surface area contributed by atoms with Gasteiger partial charge in [0.1, 0.15) is 5.82 Å². The summed E-state index contributed by atoms with van der Waals surface area (Å²) in [5, 5.41) is 9.69. The third-order valence-corrected chi connectivity index (χ3v) is 7.65. The zero-order valence-corrected chi connectivity index (χ0v) is 20.3. The molecule has 0 radical (unpaired) electrons. The molecule has 7 nitrogen and oxygen atoms in total. The van der Waals surface area contributed by atoms with Gasteiger partial charge in [-0.3, -0.25) is 4.79 Å². The Morgan fingerprint density at radius 3 is 2.60 bits per heavy atom. The van der Waals surface area contributed by atoms with E-state index in [0.717, 1.165) is 47.2 Å². The summed E-state index contributed by atoms with van der Waals surface area (Å²) in [6.45, 7) is 1.69. The van der Waals surface area contributed by atoms with Crippen LogP contribution in [-0.2, 0) is 29.0 Å². The zero-order valence-electron chi connectivity index (χ0n) is 20.3. The molecule has 2 aliphatic rings. The Balaban J connectivity index is 1.61. The molecule has 1 atom stereocenters. The van der Waals surface area contributed by atoms with Crippen molar-refractivity contribution >= 4 is 23.1 Å². The Morgan fingerprint density at radius 1 is 1.11 bits per heavy atom. The average molecular weight is 476 g/mol. The van der Waals surface area contributed by atoms with Crippen molar-refractivity contribution in [3.63, 3.8) is 0 Å². The minimum atomic E-state index is -0.798. The number of nitrogens with zero attached hydrogens (tertiary/aromatic N) is 3. The van der Waals surface area contributed by atoms with E-state index >= 15 is 0 Å². The Hall–Kier alpha value is -3.35. The van der Waals surface area contributed by atoms with E-state index in [1.807, 2.05) is 30.3 Å². The lowest BCUT2D eigenvalue weighted by Crippen LogP contribution is -2.35. The number of hydrogen-bond acceptors (Lipinski definition) is 4. The molecule has 2 heterocycles. The molecular formula is C28H33N3O4. The lowest BCUT2D eigenvalue weighted by Gasteiger charge is -2.27. The lowest BCUT2D eigenvalue weighted by molar-refractivity contribution is -0.137. The van der Waals surface area contributed by atoms with Crippen molar-refractivity contribution in [1.29, 1.82) is 0 Å². The van der Waals surface area contributed by atoms with Gasteiger partial charge >= 0.3 is 12.1 Å². The van der Waals surface area contributed by atoms with E-state index in [-0.39, 0.29) is 18.4 Å². The third kappa shape index (κ3) is 4.77. The molecule has 3 aromatic rings. The van der Waals surface area contributed by atoms with Crippen molar-refractivity contribution in [2.24, 2.45) is 0 Å². The van der Waals surface area contributed by atoms with Gasteiger partial charge in [0.15, 0.2) is 0 Å². The minimum absolute atomic E-state index is 0.0643. The number of amides is 1. The van der Waals surface area contributed by atoms with Crippen molar-refractivity contribution in [1.82, 2.24) is 14.5 Å². The molecule has 0 unspecified atom stereocenters. The first-order valence-electron chi connectivity index (χ1n) is 12.7. The molecule has 35 heavy (non-hydrogen) atoms. The van der Waals surface area contributed by atoms with E-state index < -0.39 is 5.97 Å². The third-order valence-electron chi connectivity index (χ3n) is 7.65. The average Bonchev–Trinajstić information content (AvgIpc) is 3.27. The quantitative estimate of drug-likeness (QED) is 0.511. The van der Waals surface area contributed by atoms with Crippen molar-refractivity contribution in [2.45, 2.75) is 69.9 Å². The van der Waals surface area contributed by atoms with Crippen LogP contribution in [0.15, 0.2) is 42.5 Å². The first-order valence-corrected chi connectivity index (χ1v) is 12.7. The van der Waals surface area contributed by atoms with Crippen molar-refractivity contribution < 1.29 is 19.4 Å². The van der Waals surface area contributed by atoms with E-state index in [0.29, 0.717) is 25.6 Å². The normalized spacial score (nSPS) is 17.2. The fourth-order valence-electron chi connectivity index (χ4n) is 5.84. The van der Waals surface area contributed by atoms with Gasteiger partial charge in [0.2, 0.25) is 0 Å². The summed E-state index contributed by atoms with van der Waals surface area (Å²) in [5.74, 6) is 0.479. The number of aromatic nitrogens is 2. The molecule has 184 valence electrons. The highest BCUT2D eigenvalue weighted by Crippen LogP contribution is 2.37. The number of imidazole rings is 1. The van der Waals surface area contributed by atoms with Crippen LogP contribution >= 0.6 is 0 Å². The molecule has 1 aliphatic carbocycles. The topological polar surface area (TPSA) is 84.7 Å².